The second-order valence-corrected chi connectivity index (χ2v) is 4.14. The van der Waals surface area contributed by atoms with Crippen LogP contribution in [-0.4, -0.2) is 10.1 Å². The molecule has 0 fully saturated rings. The van der Waals surface area contributed by atoms with Crippen molar-refractivity contribution in [3.8, 4) is 0 Å². The quantitative estimate of drug-likeness (QED) is 0.890. The Morgan fingerprint density at radius 2 is 1.69 bits per heavy atom. The van der Waals surface area contributed by atoms with Crippen molar-refractivity contribution < 1.29 is 5.11 Å². The zero-order valence-corrected chi connectivity index (χ0v) is 9.78. The Morgan fingerprint density at radius 3 is 2.38 bits per heavy atom. The third-order valence-corrected chi connectivity index (χ3v) is 2.96. The number of nitrogens with zero attached hydrogens (tertiary/aromatic N) is 1. The van der Waals surface area contributed by atoms with E-state index < -0.39 is 6.10 Å². The number of aliphatic hydroxyl groups is 1. The third-order valence-electron chi connectivity index (χ3n) is 2.30. The highest BCUT2D eigenvalue weighted by molar-refractivity contribution is 6.32. The predicted octanol–water partition coefficient (Wildman–Crippen LogP) is 3.47. The summed E-state index contributed by atoms with van der Waals surface area (Å²) in [6.45, 7) is 0. The van der Waals surface area contributed by atoms with Crippen LogP contribution in [0.2, 0.25) is 10.0 Å². The van der Waals surface area contributed by atoms with Gasteiger partial charge in [-0.3, -0.25) is 4.98 Å². The number of rotatable bonds is 2. The number of aliphatic hydroxyl groups excluding tert-OH is 1. The lowest BCUT2D eigenvalue weighted by Crippen LogP contribution is -2.01. The molecule has 0 bridgehead atoms. The van der Waals surface area contributed by atoms with Crippen molar-refractivity contribution in [3.63, 3.8) is 0 Å². The molecule has 1 unspecified atom stereocenters. The second kappa shape index (κ2) is 4.83. The maximum absolute atomic E-state index is 10.2. The average Bonchev–Trinajstić information content (AvgIpc) is 2.29. The molecule has 82 valence electrons. The van der Waals surface area contributed by atoms with Crippen molar-refractivity contribution >= 4 is 23.2 Å². The lowest BCUT2D eigenvalue weighted by Gasteiger charge is -2.13. The van der Waals surface area contributed by atoms with Crippen LogP contribution in [0, 0.1) is 0 Å². The summed E-state index contributed by atoms with van der Waals surface area (Å²) in [5, 5.41) is 11.1. The van der Waals surface area contributed by atoms with E-state index in [0.29, 0.717) is 21.2 Å². The van der Waals surface area contributed by atoms with Gasteiger partial charge in [0.15, 0.2) is 0 Å². The fourth-order valence-corrected chi connectivity index (χ4v) is 1.93. The molecule has 1 heterocycles. The molecule has 0 spiro atoms. The first-order valence-electron chi connectivity index (χ1n) is 4.72. The van der Waals surface area contributed by atoms with E-state index in [0.717, 1.165) is 0 Å². The fraction of sp³-hybridized carbons (Fsp3) is 0.0833. The molecule has 0 saturated carbocycles. The van der Waals surface area contributed by atoms with Gasteiger partial charge >= 0.3 is 0 Å². The van der Waals surface area contributed by atoms with Crippen molar-refractivity contribution in [3.05, 3.63) is 63.9 Å². The molecule has 2 rings (SSSR count). The molecule has 4 heteroatoms. The first kappa shape index (κ1) is 11.4. The third kappa shape index (κ3) is 2.19. The smallest absolute Gasteiger partial charge is 0.107 e. The Kier molecular flexibility index (Phi) is 3.44. The topological polar surface area (TPSA) is 33.1 Å². The molecule has 0 aliphatic heterocycles. The van der Waals surface area contributed by atoms with Gasteiger partial charge in [-0.2, -0.15) is 0 Å². The Balaban J connectivity index is 2.44. The van der Waals surface area contributed by atoms with Gasteiger partial charge in [0.25, 0.3) is 0 Å². The summed E-state index contributed by atoms with van der Waals surface area (Å²) in [5.41, 5.74) is 1.24. The fourth-order valence-electron chi connectivity index (χ4n) is 1.47. The summed E-state index contributed by atoms with van der Waals surface area (Å²) in [7, 11) is 0. The van der Waals surface area contributed by atoms with E-state index in [1.165, 1.54) is 6.20 Å². The van der Waals surface area contributed by atoms with Gasteiger partial charge in [0.2, 0.25) is 0 Å². The summed E-state index contributed by atoms with van der Waals surface area (Å²) < 4.78 is 0. The van der Waals surface area contributed by atoms with Gasteiger partial charge in [-0.1, -0.05) is 41.4 Å². The minimum absolute atomic E-state index is 0.426. The van der Waals surface area contributed by atoms with Gasteiger partial charge in [0, 0.05) is 28.5 Å². The van der Waals surface area contributed by atoms with Gasteiger partial charge in [0.05, 0.1) is 5.02 Å². The molecule has 2 nitrogen and oxygen atoms in total. The van der Waals surface area contributed by atoms with Crippen molar-refractivity contribution in [2.45, 2.75) is 6.10 Å². The zero-order chi connectivity index (χ0) is 11.5. The normalized spacial score (nSPS) is 12.4. The molecule has 1 atom stereocenters. The van der Waals surface area contributed by atoms with Crippen molar-refractivity contribution in [1.29, 1.82) is 0 Å². The number of halogens is 2. The first-order chi connectivity index (χ1) is 7.70. The van der Waals surface area contributed by atoms with Crippen LogP contribution in [0.25, 0.3) is 0 Å². The van der Waals surface area contributed by atoms with Crippen LogP contribution in [0.5, 0.6) is 0 Å². The van der Waals surface area contributed by atoms with Crippen molar-refractivity contribution in [2.24, 2.45) is 0 Å². The standard InChI is InChI=1S/C12H9Cl2NO/c13-10-4-2-1-3-8(10)12(16)9-5-6-15-7-11(9)14/h1-7,12,16H. The van der Waals surface area contributed by atoms with Crippen LogP contribution >= 0.6 is 23.2 Å². The average molecular weight is 254 g/mol. The predicted molar refractivity (Wildman–Crippen MR) is 64.8 cm³/mol. The van der Waals surface area contributed by atoms with E-state index in [1.807, 2.05) is 12.1 Å². The van der Waals surface area contributed by atoms with E-state index >= 15 is 0 Å². The second-order valence-electron chi connectivity index (χ2n) is 3.32. The highest BCUT2D eigenvalue weighted by Crippen LogP contribution is 2.31. The molecule has 0 saturated heterocycles. The van der Waals surface area contributed by atoms with Crippen LogP contribution in [0.1, 0.15) is 17.2 Å². The van der Waals surface area contributed by atoms with E-state index in [2.05, 4.69) is 4.98 Å². The summed E-state index contributed by atoms with van der Waals surface area (Å²) in [5.74, 6) is 0. The number of hydrogen-bond acceptors (Lipinski definition) is 2. The SMILES string of the molecule is OC(c1ccccc1Cl)c1ccncc1Cl. The highest BCUT2D eigenvalue weighted by atomic mass is 35.5. The molecule has 0 aliphatic rings. The highest BCUT2D eigenvalue weighted by Gasteiger charge is 2.15. The van der Waals surface area contributed by atoms with E-state index in [9.17, 15) is 5.11 Å². The number of benzene rings is 1. The molecule has 0 radical (unpaired) electrons. The number of aromatic nitrogens is 1. The summed E-state index contributed by atoms with van der Waals surface area (Å²) in [6.07, 6.45) is 2.25. The van der Waals surface area contributed by atoms with Crippen LogP contribution in [0.15, 0.2) is 42.7 Å². The van der Waals surface area contributed by atoms with Crippen LogP contribution in [-0.2, 0) is 0 Å². The Hall–Kier alpha value is -1.09. The number of hydrogen-bond donors (Lipinski definition) is 1. The van der Waals surface area contributed by atoms with Crippen LogP contribution in [0.4, 0.5) is 0 Å². The van der Waals surface area contributed by atoms with Crippen molar-refractivity contribution in [2.75, 3.05) is 0 Å². The zero-order valence-electron chi connectivity index (χ0n) is 8.27. The number of pyridine rings is 1. The molecule has 1 N–H and O–H groups in total. The lowest BCUT2D eigenvalue weighted by molar-refractivity contribution is 0.220. The summed E-state index contributed by atoms with van der Waals surface area (Å²) in [6, 6.07) is 8.81. The minimum Gasteiger partial charge on any atom is -0.384 e. The summed E-state index contributed by atoms with van der Waals surface area (Å²) in [4.78, 5) is 3.87. The Labute approximate surface area is 103 Å². The van der Waals surface area contributed by atoms with E-state index in [-0.39, 0.29) is 0 Å². The van der Waals surface area contributed by atoms with E-state index in [1.54, 1.807) is 24.4 Å². The lowest BCUT2D eigenvalue weighted by atomic mass is 10.0. The summed E-state index contributed by atoms with van der Waals surface area (Å²) >= 11 is 12.0. The van der Waals surface area contributed by atoms with Gasteiger partial charge in [-0.15, -0.1) is 0 Å². The van der Waals surface area contributed by atoms with E-state index in [4.69, 9.17) is 23.2 Å². The monoisotopic (exact) mass is 253 g/mol. The molecule has 1 aromatic carbocycles. The maximum atomic E-state index is 10.2. The molecular formula is C12H9Cl2NO. The first-order valence-corrected chi connectivity index (χ1v) is 5.47. The molecule has 1 aromatic heterocycles. The molecule has 2 aromatic rings. The van der Waals surface area contributed by atoms with Gasteiger partial charge in [-0.05, 0) is 12.1 Å². The molecule has 0 amide bonds. The van der Waals surface area contributed by atoms with Crippen LogP contribution in [0.3, 0.4) is 0 Å². The van der Waals surface area contributed by atoms with Crippen LogP contribution < -0.4 is 0 Å². The largest absolute Gasteiger partial charge is 0.384 e. The molecular weight excluding hydrogens is 245 g/mol. The van der Waals surface area contributed by atoms with Gasteiger partial charge in [-0.25, -0.2) is 0 Å². The maximum Gasteiger partial charge on any atom is 0.107 e. The van der Waals surface area contributed by atoms with Gasteiger partial charge in [0.1, 0.15) is 6.10 Å². The van der Waals surface area contributed by atoms with Crippen molar-refractivity contribution in [1.82, 2.24) is 4.98 Å². The Bertz CT molecular complexity index is 456. The molecule has 0 aliphatic carbocycles. The Morgan fingerprint density at radius 1 is 1.00 bits per heavy atom. The minimum atomic E-state index is -0.829. The molecule has 16 heavy (non-hydrogen) atoms. The van der Waals surface area contributed by atoms with Gasteiger partial charge < -0.3 is 5.11 Å².